The first kappa shape index (κ1) is 26.6. The van der Waals surface area contributed by atoms with Crippen molar-refractivity contribution in [1.29, 1.82) is 0 Å². The Labute approximate surface area is 226 Å². The molecule has 2 aliphatic rings. The van der Waals surface area contributed by atoms with E-state index in [1.807, 2.05) is 13.8 Å². The van der Waals surface area contributed by atoms with Crippen molar-refractivity contribution >= 4 is 38.8 Å². The van der Waals surface area contributed by atoms with Crippen molar-refractivity contribution in [2.24, 2.45) is 0 Å². The second-order valence-electron chi connectivity index (χ2n) is 10.1. The molecule has 2 heterocycles. The van der Waals surface area contributed by atoms with Gasteiger partial charge in [-0.2, -0.15) is 4.39 Å². The number of aromatic nitrogens is 2. The Bertz CT molecular complexity index is 1410. The van der Waals surface area contributed by atoms with Crippen LogP contribution in [0, 0.1) is 5.95 Å². The quantitative estimate of drug-likeness (QED) is 0.318. The molecule has 38 heavy (non-hydrogen) atoms. The highest BCUT2D eigenvalue weighted by atomic mass is 32.2. The number of ether oxygens (including phenoxy) is 1. The van der Waals surface area contributed by atoms with E-state index in [-0.39, 0.29) is 34.3 Å². The van der Waals surface area contributed by atoms with Crippen LogP contribution in [0.5, 0.6) is 0 Å². The molecule has 0 spiro atoms. The minimum Gasteiger partial charge on any atom is -0.447 e. The molecule has 0 bridgehead atoms. The van der Waals surface area contributed by atoms with Crippen molar-refractivity contribution in [1.82, 2.24) is 15.3 Å². The average Bonchev–Trinajstić information content (AvgIpc) is 3.62. The maximum absolute atomic E-state index is 13.5. The van der Waals surface area contributed by atoms with Gasteiger partial charge in [0.25, 0.3) is 0 Å². The lowest BCUT2D eigenvalue weighted by atomic mass is 9.86. The summed E-state index contributed by atoms with van der Waals surface area (Å²) in [6.07, 6.45) is 5.97. The first-order valence-corrected chi connectivity index (χ1v) is 15.3. The first-order chi connectivity index (χ1) is 18.2. The Morgan fingerprint density at radius 1 is 1.11 bits per heavy atom. The molecule has 1 aromatic carbocycles. The van der Waals surface area contributed by atoms with Crippen LogP contribution >= 0.6 is 11.3 Å². The maximum atomic E-state index is 13.5. The van der Waals surface area contributed by atoms with Gasteiger partial charge < -0.3 is 15.4 Å². The molecule has 2 N–H and O–H groups in total. The van der Waals surface area contributed by atoms with Crippen LogP contribution in [-0.2, 0) is 14.6 Å². The van der Waals surface area contributed by atoms with Gasteiger partial charge in [-0.1, -0.05) is 12.1 Å². The maximum Gasteiger partial charge on any atom is 0.407 e. The summed E-state index contributed by atoms with van der Waals surface area (Å²) in [4.78, 5) is 21.5. The van der Waals surface area contributed by atoms with Gasteiger partial charge in [-0.15, -0.1) is 11.3 Å². The molecule has 2 aromatic heterocycles. The van der Waals surface area contributed by atoms with Crippen LogP contribution in [0.2, 0.25) is 0 Å². The largest absolute Gasteiger partial charge is 0.447 e. The predicted octanol–water partition coefficient (Wildman–Crippen LogP) is 6.18. The highest BCUT2D eigenvalue weighted by Gasteiger charge is 2.39. The van der Waals surface area contributed by atoms with E-state index in [4.69, 9.17) is 4.74 Å². The molecule has 0 radical (unpaired) electrons. The molecule has 3 aromatic rings. The summed E-state index contributed by atoms with van der Waals surface area (Å²) in [6, 6.07) is 9.68. The van der Waals surface area contributed by atoms with Crippen LogP contribution in [0.15, 0.2) is 47.5 Å². The van der Waals surface area contributed by atoms with Crippen molar-refractivity contribution in [3.05, 3.63) is 53.6 Å². The SMILES string of the molecule is CC(C)OC(=O)NC1CCC(c2ncc(-c3ccc(Nc4cccc(F)n4)cc3S(=O)(=O)C3CC3)s2)CC1. The molecular formula is C27H31FN4O4S2. The second kappa shape index (κ2) is 11.0. The number of hydrogen-bond acceptors (Lipinski definition) is 8. The molecule has 0 saturated heterocycles. The smallest absolute Gasteiger partial charge is 0.407 e. The molecule has 0 atom stereocenters. The summed E-state index contributed by atoms with van der Waals surface area (Å²) in [5, 5.41) is 6.56. The Hall–Kier alpha value is -3.05. The number of benzene rings is 1. The van der Waals surface area contributed by atoms with E-state index >= 15 is 0 Å². The number of carbonyl (C=O) groups is 1. The Morgan fingerprint density at radius 3 is 2.55 bits per heavy atom. The Morgan fingerprint density at radius 2 is 1.87 bits per heavy atom. The number of sulfone groups is 1. The third kappa shape index (κ3) is 6.15. The van der Waals surface area contributed by atoms with Crippen LogP contribution in [0.4, 0.5) is 20.7 Å². The van der Waals surface area contributed by atoms with Gasteiger partial charge >= 0.3 is 6.09 Å². The number of pyridine rings is 1. The van der Waals surface area contributed by atoms with Gasteiger partial charge in [0.15, 0.2) is 9.84 Å². The van der Waals surface area contributed by atoms with Gasteiger partial charge in [0.2, 0.25) is 5.95 Å². The van der Waals surface area contributed by atoms with E-state index < -0.39 is 15.8 Å². The van der Waals surface area contributed by atoms with Crippen LogP contribution in [0.3, 0.4) is 0 Å². The molecule has 8 nitrogen and oxygen atoms in total. The van der Waals surface area contributed by atoms with E-state index in [2.05, 4.69) is 20.6 Å². The number of halogens is 1. The summed E-state index contributed by atoms with van der Waals surface area (Å²) in [6.45, 7) is 3.65. The van der Waals surface area contributed by atoms with Crippen LogP contribution in [0.25, 0.3) is 10.4 Å². The lowest BCUT2D eigenvalue weighted by molar-refractivity contribution is 0.109. The highest BCUT2D eigenvalue weighted by Crippen LogP contribution is 2.43. The molecule has 5 rings (SSSR count). The minimum absolute atomic E-state index is 0.0832. The Balaban J connectivity index is 1.34. The van der Waals surface area contributed by atoms with Gasteiger partial charge in [0.1, 0.15) is 5.82 Å². The highest BCUT2D eigenvalue weighted by molar-refractivity contribution is 7.92. The number of thiazole rings is 1. The zero-order chi connectivity index (χ0) is 26.9. The number of hydrogen-bond donors (Lipinski definition) is 2. The molecule has 0 unspecified atom stereocenters. The van der Waals surface area contributed by atoms with Gasteiger partial charge in [-0.25, -0.2) is 23.2 Å². The number of alkyl carbamates (subject to hydrolysis) is 1. The lowest BCUT2D eigenvalue weighted by Gasteiger charge is -2.28. The number of nitrogens with one attached hydrogen (secondary N) is 2. The van der Waals surface area contributed by atoms with Crippen molar-refractivity contribution < 1.29 is 22.3 Å². The van der Waals surface area contributed by atoms with E-state index in [0.717, 1.165) is 35.6 Å². The molecule has 11 heteroatoms. The lowest BCUT2D eigenvalue weighted by Crippen LogP contribution is -2.38. The fourth-order valence-corrected chi connectivity index (χ4v) is 7.81. The van der Waals surface area contributed by atoms with Gasteiger partial charge in [0.05, 0.1) is 26.1 Å². The monoisotopic (exact) mass is 558 g/mol. The number of nitrogens with zero attached hydrogens (tertiary/aromatic N) is 2. The number of carbonyl (C=O) groups excluding carboxylic acids is 1. The normalized spacial score (nSPS) is 19.8. The van der Waals surface area contributed by atoms with Crippen LogP contribution < -0.4 is 10.6 Å². The molecule has 2 aliphatic carbocycles. The summed E-state index contributed by atoms with van der Waals surface area (Å²) in [5.41, 5.74) is 1.16. The summed E-state index contributed by atoms with van der Waals surface area (Å²) in [5.74, 6) is -0.0542. The summed E-state index contributed by atoms with van der Waals surface area (Å²) < 4.78 is 45.5. The molecule has 1 amide bonds. The fraction of sp³-hybridized carbons (Fsp3) is 0.444. The molecule has 202 valence electrons. The number of anilines is 2. The topological polar surface area (TPSA) is 110 Å². The van der Waals surface area contributed by atoms with Crippen molar-refractivity contribution in [2.45, 2.75) is 80.6 Å². The van der Waals surface area contributed by atoms with Crippen molar-refractivity contribution in [3.63, 3.8) is 0 Å². The second-order valence-corrected chi connectivity index (χ2v) is 13.4. The third-order valence-electron chi connectivity index (χ3n) is 6.77. The third-order valence-corrected chi connectivity index (χ3v) is 10.3. The minimum atomic E-state index is -3.52. The first-order valence-electron chi connectivity index (χ1n) is 12.9. The van der Waals surface area contributed by atoms with E-state index in [1.54, 1.807) is 36.5 Å². The van der Waals surface area contributed by atoms with E-state index in [9.17, 15) is 17.6 Å². The molecule has 0 aliphatic heterocycles. The molecule has 2 saturated carbocycles. The predicted molar refractivity (Wildman–Crippen MR) is 145 cm³/mol. The summed E-state index contributed by atoms with van der Waals surface area (Å²) in [7, 11) is -3.52. The fourth-order valence-electron chi connectivity index (χ4n) is 4.72. The Kier molecular flexibility index (Phi) is 7.67. The summed E-state index contributed by atoms with van der Waals surface area (Å²) >= 11 is 1.52. The zero-order valence-electron chi connectivity index (χ0n) is 21.3. The van der Waals surface area contributed by atoms with Crippen molar-refractivity contribution in [2.75, 3.05) is 5.32 Å². The molecular weight excluding hydrogens is 527 g/mol. The van der Waals surface area contributed by atoms with Gasteiger partial charge in [-0.05, 0) is 76.6 Å². The van der Waals surface area contributed by atoms with E-state index in [0.29, 0.717) is 29.9 Å². The average molecular weight is 559 g/mol. The number of amides is 1. The standard InChI is InChI=1S/C27H31FN4O4S2/c1-16(2)36-27(33)31-18-8-6-17(7-9-18)26-29-15-22(37-26)21-13-10-19(30-25-5-3-4-24(28)32-25)14-23(21)38(34,35)20-11-12-20/h3-5,10,13-18,20H,6-9,11-12H2,1-2H3,(H,30,32)(H,31,33). The van der Waals surface area contributed by atoms with Crippen LogP contribution in [-0.4, -0.2) is 41.9 Å². The van der Waals surface area contributed by atoms with E-state index in [1.165, 1.54) is 17.4 Å². The van der Waals surface area contributed by atoms with Gasteiger partial charge in [-0.3, -0.25) is 0 Å². The number of rotatable bonds is 8. The van der Waals surface area contributed by atoms with Crippen LogP contribution in [0.1, 0.15) is 63.3 Å². The zero-order valence-corrected chi connectivity index (χ0v) is 22.9. The van der Waals surface area contributed by atoms with Gasteiger partial charge in [0, 0.05) is 29.4 Å². The van der Waals surface area contributed by atoms with Crippen molar-refractivity contribution in [3.8, 4) is 10.4 Å². The molecule has 2 fully saturated rings.